The summed E-state index contributed by atoms with van der Waals surface area (Å²) in [6, 6.07) is 0.369. The van der Waals surface area contributed by atoms with Gasteiger partial charge in [0.15, 0.2) is 0 Å². The van der Waals surface area contributed by atoms with Gasteiger partial charge in [-0.25, -0.2) is 4.79 Å². The number of carbonyl (C=O) groups excluding carboxylic acids is 1. The van der Waals surface area contributed by atoms with E-state index in [1.165, 1.54) is 19.0 Å². The molecule has 2 heterocycles. The number of carbonyl (C=O) groups is 1. The molecule has 1 aliphatic rings. The van der Waals surface area contributed by atoms with Crippen LogP contribution in [0.15, 0.2) is 11.0 Å². The predicted molar refractivity (Wildman–Crippen MR) is 68.6 cm³/mol. The maximum absolute atomic E-state index is 12.2. The maximum Gasteiger partial charge on any atom is 0.323 e. The quantitative estimate of drug-likeness (QED) is 0.721. The van der Waals surface area contributed by atoms with Crippen LogP contribution in [0.4, 0.5) is 0 Å². The average molecular weight is 252 g/mol. The van der Waals surface area contributed by atoms with E-state index < -0.39 is 0 Å². The fraction of sp³-hybridized carbons (Fsp3) is 0.667. The zero-order valence-electron chi connectivity index (χ0n) is 10.7. The topological polar surface area (TPSA) is 81.0 Å². The molecule has 1 unspecified atom stereocenters. The zero-order chi connectivity index (χ0) is 13.0. The summed E-state index contributed by atoms with van der Waals surface area (Å²) >= 11 is 0. The third-order valence-electron chi connectivity index (χ3n) is 3.35. The molecule has 1 atom stereocenters. The Hall–Kier alpha value is -1.56. The summed E-state index contributed by atoms with van der Waals surface area (Å²) in [5.74, 6) is -0.122. The normalized spacial score (nSPS) is 19.7. The summed E-state index contributed by atoms with van der Waals surface area (Å²) in [7, 11) is 0. The first-order valence-corrected chi connectivity index (χ1v) is 6.51. The lowest BCUT2D eigenvalue weighted by Gasteiger charge is -2.29. The van der Waals surface area contributed by atoms with Crippen LogP contribution in [0.25, 0.3) is 0 Å². The first-order chi connectivity index (χ1) is 8.70. The van der Waals surface area contributed by atoms with Crippen LogP contribution >= 0.6 is 0 Å². The van der Waals surface area contributed by atoms with Crippen molar-refractivity contribution in [1.82, 2.24) is 20.2 Å². The second-order valence-electron chi connectivity index (χ2n) is 4.65. The highest BCUT2D eigenvalue weighted by Gasteiger charge is 2.21. The zero-order valence-corrected chi connectivity index (χ0v) is 10.7. The standard InChI is InChI=1S/C12H20N4O2/c1-2-16(8-9-5-3-4-6-13-9)11(17)10-7-14-12(18)15-10/h7,9,13H,2-6,8H2,1H3,(H2,14,15,18). The van der Waals surface area contributed by atoms with Crippen LogP contribution < -0.4 is 11.0 Å². The summed E-state index contributed by atoms with van der Waals surface area (Å²) in [4.78, 5) is 29.9. The Balaban J connectivity index is 1.99. The molecule has 0 radical (unpaired) electrons. The molecule has 6 heteroatoms. The molecule has 1 amide bonds. The lowest BCUT2D eigenvalue weighted by Crippen LogP contribution is -2.45. The van der Waals surface area contributed by atoms with Crippen LogP contribution in [0.3, 0.4) is 0 Å². The number of rotatable bonds is 4. The van der Waals surface area contributed by atoms with Gasteiger partial charge < -0.3 is 20.2 Å². The molecular formula is C12H20N4O2. The van der Waals surface area contributed by atoms with Crippen LogP contribution in [0.1, 0.15) is 36.7 Å². The number of imidazole rings is 1. The van der Waals surface area contributed by atoms with Gasteiger partial charge in [-0.2, -0.15) is 0 Å². The van der Waals surface area contributed by atoms with Crippen molar-refractivity contribution in [1.29, 1.82) is 0 Å². The summed E-state index contributed by atoms with van der Waals surface area (Å²) < 4.78 is 0. The van der Waals surface area contributed by atoms with Crippen LogP contribution in [0.5, 0.6) is 0 Å². The molecule has 0 spiro atoms. The molecule has 18 heavy (non-hydrogen) atoms. The second kappa shape index (κ2) is 5.86. The largest absolute Gasteiger partial charge is 0.336 e. The first-order valence-electron chi connectivity index (χ1n) is 6.51. The minimum absolute atomic E-state index is 0.122. The van der Waals surface area contributed by atoms with Crippen molar-refractivity contribution in [3.63, 3.8) is 0 Å². The molecule has 100 valence electrons. The number of piperidine rings is 1. The number of amides is 1. The van der Waals surface area contributed by atoms with Crippen molar-refractivity contribution in [2.45, 2.75) is 32.2 Å². The molecule has 3 N–H and O–H groups in total. The average Bonchev–Trinajstić information content (AvgIpc) is 2.83. The Morgan fingerprint density at radius 1 is 1.50 bits per heavy atom. The predicted octanol–water partition coefficient (Wildman–Crippen LogP) is 0.307. The molecule has 1 aromatic rings. The van der Waals surface area contributed by atoms with Gasteiger partial charge in [-0.15, -0.1) is 0 Å². The Kier molecular flexibility index (Phi) is 4.19. The number of nitrogens with zero attached hydrogens (tertiary/aromatic N) is 1. The van der Waals surface area contributed by atoms with Crippen molar-refractivity contribution < 1.29 is 4.79 Å². The molecule has 0 saturated carbocycles. The van der Waals surface area contributed by atoms with Gasteiger partial charge in [0.2, 0.25) is 0 Å². The highest BCUT2D eigenvalue weighted by atomic mass is 16.2. The van der Waals surface area contributed by atoms with E-state index in [9.17, 15) is 9.59 Å². The minimum Gasteiger partial charge on any atom is -0.336 e. The van der Waals surface area contributed by atoms with Gasteiger partial charge in [-0.3, -0.25) is 4.79 Å². The Labute approximate surface area is 106 Å². The van der Waals surface area contributed by atoms with E-state index in [1.54, 1.807) is 4.90 Å². The van der Waals surface area contributed by atoms with E-state index in [-0.39, 0.29) is 11.6 Å². The van der Waals surface area contributed by atoms with Crippen molar-refractivity contribution in [3.05, 3.63) is 22.4 Å². The molecule has 0 aromatic carbocycles. The van der Waals surface area contributed by atoms with Gasteiger partial charge in [-0.05, 0) is 26.3 Å². The lowest BCUT2D eigenvalue weighted by molar-refractivity contribution is 0.0736. The smallest absolute Gasteiger partial charge is 0.323 e. The summed E-state index contributed by atoms with van der Waals surface area (Å²) in [5, 5.41) is 3.42. The van der Waals surface area contributed by atoms with Gasteiger partial charge in [-0.1, -0.05) is 6.42 Å². The third-order valence-corrected chi connectivity index (χ3v) is 3.35. The number of hydrogen-bond acceptors (Lipinski definition) is 3. The molecule has 6 nitrogen and oxygen atoms in total. The van der Waals surface area contributed by atoms with Gasteiger partial charge in [0.25, 0.3) is 5.91 Å². The lowest BCUT2D eigenvalue weighted by atomic mass is 10.0. The molecule has 0 aliphatic carbocycles. The van der Waals surface area contributed by atoms with Gasteiger partial charge in [0.1, 0.15) is 5.69 Å². The maximum atomic E-state index is 12.2. The molecule has 2 rings (SSSR count). The van der Waals surface area contributed by atoms with E-state index in [0.29, 0.717) is 24.8 Å². The van der Waals surface area contributed by atoms with Gasteiger partial charge >= 0.3 is 5.69 Å². The van der Waals surface area contributed by atoms with Crippen LogP contribution in [-0.2, 0) is 0 Å². The summed E-state index contributed by atoms with van der Waals surface area (Å²) in [6.45, 7) is 4.32. The second-order valence-corrected chi connectivity index (χ2v) is 4.65. The third kappa shape index (κ3) is 3.01. The number of hydrogen-bond donors (Lipinski definition) is 3. The molecule has 0 bridgehead atoms. The van der Waals surface area contributed by atoms with Crippen LogP contribution in [-0.4, -0.2) is 46.5 Å². The van der Waals surface area contributed by atoms with E-state index in [4.69, 9.17) is 0 Å². The van der Waals surface area contributed by atoms with Crippen molar-refractivity contribution in [3.8, 4) is 0 Å². The van der Waals surface area contributed by atoms with E-state index in [2.05, 4.69) is 15.3 Å². The van der Waals surface area contributed by atoms with Crippen LogP contribution in [0, 0.1) is 0 Å². The molecule has 1 aromatic heterocycles. The molecule has 1 aliphatic heterocycles. The number of aromatic amines is 2. The van der Waals surface area contributed by atoms with E-state index in [0.717, 1.165) is 13.0 Å². The summed E-state index contributed by atoms with van der Waals surface area (Å²) in [5.41, 5.74) is -0.0112. The molecule has 1 saturated heterocycles. The number of aromatic nitrogens is 2. The van der Waals surface area contributed by atoms with Crippen molar-refractivity contribution in [2.24, 2.45) is 0 Å². The van der Waals surface area contributed by atoms with Crippen molar-refractivity contribution in [2.75, 3.05) is 19.6 Å². The number of likely N-dealkylation sites (N-methyl/N-ethyl adjacent to an activating group) is 1. The summed E-state index contributed by atoms with van der Waals surface area (Å²) in [6.07, 6.45) is 4.96. The Morgan fingerprint density at radius 3 is 2.89 bits per heavy atom. The van der Waals surface area contributed by atoms with Gasteiger partial charge in [0.05, 0.1) is 0 Å². The number of H-pyrrole nitrogens is 2. The highest BCUT2D eigenvalue weighted by Crippen LogP contribution is 2.09. The minimum atomic E-state index is -0.342. The fourth-order valence-corrected chi connectivity index (χ4v) is 2.32. The number of nitrogens with one attached hydrogen (secondary N) is 3. The molecular weight excluding hydrogens is 232 g/mol. The molecule has 1 fully saturated rings. The van der Waals surface area contributed by atoms with E-state index >= 15 is 0 Å². The van der Waals surface area contributed by atoms with E-state index in [1.807, 2.05) is 6.92 Å². The van der Waals surface area contributed by atoms with Crippen molar-refractivity contribution >= 4 is 5.91 Å². The fourth-order valence-electron chi connectivity index (χ4n) is 2.32. The Morgan fingerprint density at radius 2 is 2.33 bits per heavy atom. The van der Waals surface area contributed by atoms with Crippen LogP contribution in [0.2, 0.25) is 0 Å². The SMILES string of the molecule is CCN(CC1CCCCN1)C(=O)c1c[nH]c(=O)[nH]1. The highest BCUT2D eigenvalue weighted by molar-refractivity contribution is 5.92. The Bertz CT molecular complexity index is 445. The first kappa shape index (κ1) is 12.9. The monoisotopic (exact) mass is 252 g/mol. The van der Waals surface area contributed by atoms with Gasteiger partial charge in [0, 0.05) is 25.3 Å².